The van der Waals surface area contributed by atoms with Gasteiger partial charge in [-0.05, 0) is 31.2 Å². The van der Waals surface area contributed by atoms with Crippen LogP contribution >= 0.6 is 11.6 Å². The molecular formula is C13H20ClN3. The molecule has 1 aliphatic rings. The molecule has 1 fully saturated rings. The van der Waals surface area contributed by atoms with Crippen molar-refractivity contribution in [3.63, 3.8) is 0 Å². The number of pyridine rings is 1. The predicted octanol–water partition coefficient (Wildman–Crippen LogP) is 3.33. The summed E-state index contributed by atoms with van der Waals surface area (Å²) in [5.74, 6) is 1.74. The number of halogens is 1. The molecule has 0 saturated carbocycles. The van der Waals surface area contributed by atoms with E-state index in [4.69, 9.17) is 17.3 Å². The maximum absolute atomic E-state index is 6.20. The zero-order valence-electron chi connectivity index (χ0n) is 10.3. The Kier molecular flexibility index (Phi) is 4.11. The lowest BCUT2D eigenvalue weighted by atomic mass is 9.98. The van der Waals surface area contributed by atoms with Gasteiger partial charge in [-0.25, -0.2) is 4.98 Å². The Morgan fingerprint density at radius 2 is 2.29 bits per heavy atom. The minimum Gasteiger partial charge on any atom is -0.397 e. The van der Waals surface area contributed by atoms with Crippen molar-refractivity contribution in [2.75, 3.05) is 23.7 Å². The van der Waals surface area contributed by atoms with E-state index in [1.54, 1.807) is 12.3 Å². The van der Waals surface area contributed by atoms with Crippen LogP contribution in [-0.4, -0.2) is 18.1 Å². The van der Waals surface area contributed by atoms with Crippen LogP contribution in [0.4, 0.5) is 11.5 Å². The number of hydrogen-bond acceptors (Lipinski definition) is 3. The first-order chi connectivity index (χ1) is 8.20. The van der Waals surface area contributed by atoms with Gasteiger partial charge in [0.25, 0.3) is 0 Å². The van der Waals surface area contributed by atoms with Gasteiger partial charge < -0.3 is 10.6 Å². The molecule has 0 aromatic carbocycles. The third-order valence-corrected chi connectivity index (χ3v) is 3.85. The predicted molar refractivity (Wildman–Crippen MR) is 73.5 cm³/mol. The normalized spacial score (nSPS) is 21.3. The monoisotopic (exact) mass is 253 g/mol. The molecule has 0 spiro atoms. The molecule has 1 saturated heterocycles. The van der Waals surface area contributed by atoms with Crippen LogP contribution in [0.25, 0.3) is 0 Å². The Bertz CT molecular complexity index is 381. The van der Waals surface area contributed by atoms with Crippen molar-refractivity contribution in [3.8, 4) is 0 Å². The largest absolute Gasteiger partial charge is 0.397 e. The molecule has 0 amide bonds. The number of aromatic nitrogens is 1. The molecule has 1 atom stereocenters. The summed E-state index contributed by atoms with van der Waals surface area (Å²) in [7, 11) is 0. The summed E-state index contributed by atoms with van der Waals surface area (Å²) in [5.41, 5.74) is 6.29. The number of hydrogen-bond donors (Lipinski definition) is 1. The second-order valence-corrected chi connectivity index (χ2v) is 5.17. The van der Waals surface area contributed by atoms with Gasteiger partial charge in [0.15, 0.2) is 0 Å². The van der Waals surface area contributed by atoms with E-state index in [0.29, 0.717) is 10.7 Å². The van der Waals surface area contributed by atoms with Crippen LogP contribution in [0.2, 0.25) is 5.02 Å². The van der Waals surface area contributed by atoms with Crippen molar-refractivity contribution in [2.45, 2.75) is 32.6 Å². The molecule has 2 rings (SSSR count). The lowest BCUT2D eigenvalue weighted by molar-refractivity contribution is 0.459. The van der Waals surface area contributed by atoms with Crippen LogP contribution < -0.4 is 10.6 Å². The fraction of sp³-hybridized carbons (Fsp3) is 0.615. The Morgan fingerprint density at radius 1 is 1.47 bits per heavy atom. The number of nitrogens with two attached hydrogens (primary N) is 1. The minimum absolute atomic E-state index is 0.625. The first kappa shape index (κ1) is 12.5. The highest BCUT2D eigenvalue weighted by Gasteiger charge is 2.18. The van der Waals surface area contributed by atoms with Crippen molar-refractivity contribution in [1.29, 1.82) is 0 Å². The van der Waals surface area contributed by atoms with Gasteiger partial charge in [0.2, 0.25) is 0 Å². The third kappa shape index (κ3) is 3.03. The van der Waals surface area contributed by atoms with Gasteiger partial charge in [-0.3, -0.25) is 0 Å². The van der Waals surface area contributed by atoms with Gasteiger partial charge in [0.05, 0.1) is 16.9 Å². The van der Waals surface area contributed by atoms with Crippen LogP contribution in [0, 0.1) is 5.92 Å². The van der Waals surface area contributed by atoms with Gasteiger partial charge in [-0.15, -0.1) is 0 Å². The van der Waals surface area contributed by atoms with Crippen molar-refractivity contribution in [3.05, 3.63) is 17.3 Å². The van der Waals surface area contributed by atoms with Crippen molar-refractivity contribution < 1.29 is 0 Å². The smallest absolute Gasteiger partial charge is 0.147 e. The van der Waals surface area contributed by atoms with Gasteiger partial charge in [-0.2, -0.15) is 0 Å². The number of nitrogen functional groups attached to an aromatic ring is 1. The number of nitrogens with zero attached hydrogens (tertiary/aromatic N) is 2. The van der Waals surface area contributed by atoms with Crippen molar-refractivity contribution in [1.82, 2.24) is 4.98 Å². The highest BCUT2D eigenvalue weighted by molar-refractivity contribution is 6.33. The number of anilines is 2. The Morgan fingerprint density at radius 3 is 3.00 bits per heavy atom. The molecule has 4 heteroatoms. The van der Waals surface area contributed by atoms with Crippen LogP contribution in [0.1, 0.15) is 32.6 Å². The van der Waals surface area contributed by atoms with E-state index in [1.807, 2.05) is 0 Å². The maximum atomic E-state index is 6.20. The van der Waals surface area contributed by atoms with Gasteiger partial charge in [0, 0.05) is 13.1 Å². The lowest BCUT2D eigenvalue weighted by Gasteiger charge is -2.22. The van der Waals surface area contributed by atoms with E-state index in [1.165, 1.54) is 25.7 Å². The molecule has 1 aromatic rings. The van der Waals surface area contributed by atoms with Gasteiger partial charge in [0.1, 0.15) is 5.82 Å². The molecule has 0 radical (unpaired) electrons. The van der Waals surface area contributed by atoms with Crippen molar-refractivity contribution in [2.24, 2.45) is 5.92 Å². The van der Waals surface area contributed by atoms with Crippen LogP contribution in [0.15, 0.2) is 12.3 Å². The number of rotatable bonds is 2. The van der Waals surface area contributed by atoms with Gasteiger partial charge >= 0.3 is 0 Å². The molecule has 3 nitrogen and oxygen atoms in total. The highest BCUT2D eigenvalue weighted by atomic mass is 35.5. The second-order valence-electron chi connectivity index (χ2n) is 4.77. The van der Waals surface area contributed by atoms with E-state index in [0.717, 1.165) is 24.8 Å². The summed E-state index contributed by atoms with van der Waals surface area (Å²) in [6, 6.07) is 1.78. The summed E-state index contributed by atoms with van der Waals surface area (Å²) in [5, 5.41) is 0.667. The zero-order chi connectivity index (χ0) is 12.3. The molecule has 94 valence electrons. The summed E-state index contributed by atoms with van der Waals surface area (Å²) >= 11 is 6.20. The Balaban J connectivity index is 2.11. The van der Waals surface area contributed by atoms with E-state index in [2.05, 4.69) is 16.8 Å². The van der Waals surface area contributed by atoms with E-state index >= 15 is 0 Å². The second kappa shape index (κ2) is 5.58. The topological polar surface area (TPSA) is 42.2 Å². The highest BCUT2D eigenvalue weighted by Crippen LogP contribution is 2.28. The molecular weight excluding hydrogens is 234 g/mol. The molecule has 0 bridgehead atoms. The fourth-order valence-electron chi connectivity index (χ4n) is 2.46. The maximum Gasteiger partial charge on any atom is 0.147 e. The Hall–Kier alpha value is -0.960. The molecule has 1 unspecified atom stereocenters. The SMILES string of the molecule is CCC1CCCN(c2ncc(N)cc2Cl)CC1. The quantitative estimate of drug-likeness (QED) is 0.879. The van der Waals surface area contributed by atoms with Crippen LogP contribution in [0.5, 0.6) is 0 Å². The van der Waals surface area contributed by atoms with Crippen LogP contribution in [0.3, 0.4) is 0 Å². The summed E-state index contributed by atoms with van der Waals surface area (Å²) in [6.07, 6.45) is 6.74. The average Bonchev–Trinajstić information content (AvgIpc) is 2.54. The zero-order valence-corrected chi connectivity index (χ0v) is 11.1. The Labute approximate surface area is 108 Å². The first-order valence-electron chi connectivity index (χ1n) is 6.36. The molecule has 17 heavy (non-hydrogen) atoms. The third-order valence-electron chi connectivity index (χ3n) is 3.57. The lowest BCUT2D eigenvalue weighted by Crippen LogP contribution is -2.25. The molecule has 2 N–H and O–H groups in total. The van der Waals surface area contributed by atoms with E-state index in [-0.39, 0.29) is 0 Å². The summed E-state index contributed by atoms with van der Waals surface area (Å²) < 4.78 is 0. The first-order valence-corrected chi connectivity index (χ1v) is 6.74. The molecule has 2 heterocycles. The summed E-state index contributed by atoms with van der Waals surface area (Å²) in [6.45, 7) is 4.37. The van der Waals surface area contributed by atoms with E-state index < -0.39 is 0 Å². The van der Waals surface area contributed by atoms with E-state index in [9.17, 15) is 0 Å². The average molecular weight is 254 g/mol. The minimum atomic E-state index is 0.625. The fourth-order valence-corrected chi connectivity index (χ4v) is 2.76. The van der Waals surface area contributed by atoms with Crippen molar-refractivity contribution >= 4 is 23.1 Å². The standard InChI is InChI=1S/C13H20ClN3/c1-2-10-4-3-6-17(7-5-10)13-12(14)8-11(15)9-16-13/h8-10H,2-7,15H2,1H3. The molecule has 0 aliphatic carbocycles. The van der Waals surface area contributed by atoms with Gasteiger partial charge in [-0.1, -0.05) is 24.9 Å². The van der Waals surface area contributed by atoms with Crippen LogP contribution in [-0.2, 0) is 0 Å². The molecule has 1 aliphatic heterocycles. The molecule has 1 aromatic heterocycles. The summed E-state index contributed by atoms with van der Waals surface area (Å²) in [4.78, 5) is 6.65.